The van der Waals surface area contributed by atoms with E-state index in [4.69, 9.17) is 13.6 Å². The molecule has 4 rings (SSSR count). The Bertz CT molecular complexity index is 1220. The lowest BCUT2D eigenvalue weighted by molar-refractivity contribution is 0.0775. The van der Waals surface area contributed by atoms with E-state index in [-0.39, 0.29) is 11.5 Å². The van der Waals surface area contributed by atoms with Crippen molar-refractivity contribution in [2.75, 3.05) is 7.05 Å². The van der Waals surface area contributed by atoms with Gasteiger partial charge in [-0.1, -0.05) is 12.1 Å². The molecule has 1 amide bonds. The molecular formula is C24H21NO5. The van der Waals surface area contributed by atoms with Gasteiger partial charge in [-0.25, -0.2) is 4.79 Å². The van der Waals surface area contributed by atoms with Crippen molar-refractivity contribution in [2.24, 2.45) is 0 Å². The maximum absolute atomic E-state index is 12.6. The van der Waals surface area contributed by atoms with Crippen LogP contribution in [0.2, 0.25) is 0 Å². The Labute approximate surface area is 173 Å². The van der Waals surface area contributed by atoms with Gasteiger partial charge in [0.05, 0.1) is 12.8 Å². The van der Waals surface area contributed by atoms with Crippen molar-refractivity contribution in [2.45, 2.75) is 20.1 Å². The monoisotopic (exact) mass is 403 g/mol. The minimum atomic E-state index is -0.380. The lowest BCUT2D eigenvalue weighted by atomic mass is 10.1. The van der Waals surface area contributed by atoms with Crippen LogP contribution in [0.1, 0.15) is 27.2 Å². The van der Waals surface area contributed by atoms with Crippen molar-refractivity contribution >= 4 is 16.9 Å². The molecule has 0 N–H and O–H groups in total. The first kappa shape index (κ1) is 19.5. The molecule has 0 saturated carbocycles. The van der Waals surface area contributed by atoms with Gasteiger partial charge in [0.25, 0.3) is 5.91 Å². The summed E-state index contributed by atoms with van der Waals surface area (Å²) in [6.45, 7) is 2.61. The van der Waals surface area contributed by atoms with E-state index in [1.807, 2.05) is 37.3 Å². The molecule has 0 aliphatic carbocycles. The fraction of sp³-hybridized carbons (Fsp3) is 0.167. The third-order valence-corrected chi connectivity index (χ3v) is 4.85. The topological polar surface area (TPSA) is 72.9 Å². The first-order valence-corrected chi connectivity index (χ1v) is 9.54. The van der Waals surface area contributed by atoms with Crippen LogP contribution in [0.25, 0.3) is 11.0 Å². The highest BCUT2D eigenvalue weighted by atomic mass is 16.5. The molecule has 0 spiro atoms. The summed E-state index contributed by atoms with van der Waals surface area (Å²) < 4.78 is 16.4. The van der Waals surface area contributed by atoms with Crippen molar-refractivity contribution < 1.29 is 18.4 Å². The van der Waals surface area contributed by atoms with Crippen LogP contribution in [0.4, 0.5) is 0 Å². The van der Waals surface area contributed by atoms with E-state index in [1.54, 1.807) is 42.5 Å². The molecule has 30 heavy (non-hydrogen) atoms. The molecule has 152 valence electrons. The van der Waals surface area contributed by atoms with Crippen molar-refractivity contribution in [3.05, 3.63) is 99.8 Å². The average Bonchev–Trinajstić information content (AvgIpc) is 3.24. The van der Waals surface area contributed by atoms with Crippen LogP contribution in [-0.4, -0.2) is 17.9 Å². The number of furan rings is 1. The number of hydrogen-bond acceptors (Lipinski definition) is 5. The normalized spacial score (nSPS) is 10.9. The Hall–Kier alpha value is -3.80. The summed E-state index contributed by atoms with van der Waals surface area (Å²) in [6, 6.07) is 17.8. The summed E-state index contributed by atoms with van der Waals surface area (Å²) in [5.41, 5.74) is 2.50. The molecule has 6 heteroatoms. The number of ether oxygens (including phenoxy) is 1. The SMILES string of the molecule is Cc1cc(=O)oc2cc(OCc3ccc(C(=O)N(C)Cc4ccco4)cc3)ccc12. The highest BCUT2D eigenvalue weighted by molar-refractivity contribution is 5.94. The largest absolute Gasteiger partial charge is 0.489 e. The second-order valence-electron chi connectivity index (χ2n) is 7.13. The Morgan fingerprint density at radius 1 is 1.07 bits per heavy atom. The fourth-order valence-electron chi connectivity index (χ4n) is 3.23. The summed E-state index contributed by atoms with van der Waals surface area (Å²) in [5, 5.41) is 0.878. The van der Waals surface area contributed by atoms with Crippen LogP contribution in [-0.2, 0) is 13.2 Å². The maximum Gasteiger partial charge on any atom is 0.336 e. The molecule has 0 aliphatic heterocycles. The van der Waals surface area contributed by atoms with Crippen molar-refractivity contribution in [1.82, 2.24) is 4.90 Å². The molecule has 0 atom stereocenters. The quantitative estimate of drug-likeness (QED) is 0.442. The fourth-order valence-corrected chi connectivity index (χ4v) is 3.23. The standard InChI is InChI=1S/C24H21NO5/c1-16-12-23(26)30-22-13-19(9-10-21(16)22)29-15-17-5-7-18(8-6-17)24(27)25(2)14-20-4-3-11-28-20/h3-13H,14-15H2,1-2H3. The summed E-state index contributed by atoms with van der Waals surface area (Å²) >= 11 is 0. The van der Waals surface area contributed by atoms with Crippen LogP contribution in [0.3, 0.4) is 0 Å². The number of carbonyl (C=O) groups excluding carboxylic acids is 1. The number of carbonyl (C=O) groups is 1. The molecule has 6 nitrogen and oxygen atoms in total. The van der Waals surface area contributed by atoms with E-state index in [0.29, 0.717) is 30.0 Å². The molecular weight excluding hydrogens is 382 g/mol. The second kappa shape index (κ2) is 8.29. The van der Waals surface area contributed by atoms with Crippen molar-refractivity contribution in [3.63, 3.8) is 0 Å². The van der Waals surface area contributed by atoms with Gasteiger partial charge in [-0.3, -0.25) is 4.79 Å². The number of fused-ring (bicyclic) bond motifs is 1. The highest BCUT2D eigenvalue weighted by Crippen LogP contribution is 2.23. The first-order chi connectivity index (χ1) is 14.5. The van der Waals surface area contributed by atoms with Gasteiger partial charge in [0.2, 0.25) is 0 Å². The molecule has 2 aromatic heterocycles. The van der Waals surface area contributed by atoms with Crippen LogP contribution >= 0.6 is 0 Å². The smallest absolute Gasteiger partial charge is 0.336 e. The van der Waals surface area contributed by atoms with Gasteiger partial charge < -0.3 is 18.5 Å². The zero-order chi connectivity index (χ0) is 21.1. The maximum atomic E-state index is 12.6. The third-order valence-electron chi connectivity index (χ3n) is 4.85. The zero-order valence-electron chi connectivity index (χ0n) is 16.8. The summed E-state index contributed by atoms with van der Waals surface area (Å²) in [5.74, 6) is 1.26. The van der Waals surface area contributed by atoms with Gasteiger partial charge in [0.1, 0.15) is 23.7 Å². The number of aryl methyl sites for hydroxylation is 1. The number of amides is 1. The highest BCUT2D eigenvalue weighted by Gasteiger charge is 2.13. The zero-order valence-corrected chi connectivity index (χ0v) is 16.8. The number of benzene rings is 2. The number of rotatable bonds is 6. The minimum Gasteiger partial charge on any atom is -0.489 e. The Morgan fingerprint density at radius 3 is 2.60 bits per heavy atom. The number of hydrogen-bond donors (Lipinski definition) is 0. The Morgan fingerprint density at radius 2 is 1.87 bits per heavy atom. The Balaban J connectivity index is 1.40. The molecule has 2 heterocycles. The van der Waals surface area contributed by atoms with Gasteiger partial charge in [-0.2, -0.15) is 0 Å². The van der Waals surface area contributed by atoms with Crippen LogP contribution in [0.15, 0.2) is 80.6 Å². The van der Waals surface area contributed by atoms with Crippen molar-refractivity contribution in [3.8, 4) is 5.75 Å². The Kier molecular flexibility index (Phi) is 5.39. The molecule has 0 radical (unpaired) electrons. The summed E-state index contributed by atoms with van der Waals surface area (Å²) in [4.78, 5) is 25.7. The average molecular weight is 403 g/mol. The molecule has 0 unspecified atom stereocenters. The minimum absolute atomic E-state index is 0.0844. The van der Waals surface area contributed by atoms with Gasteiger partial charge in [-0.15, -0.1) is 0 Å². The van der Waals surface area contributed by atoms with E-state index in [0.717, 1.165) is 22.3 Å². The van der Waals surface area contributed by atoms with Gasteiger partial charge in [-0.05, 0) is 54.4 Å². The molecule has 0 bridgehead atoms. The molecule has 0 aliphatic rings. The van der Waals surface area contributed by atoms with E-state index in [9.17, 15) is 9.59 Å². The van der Waals surface area contributed by atoms with E-state index in [1.165, 1.54) is 6.07 Å². The van der Waals surface area contributed by atoms with Crippen molar-refractivity contribution in [1.29, 1.82) is 0 Å². The van der Waals surface area contributed by atoms with E-state index >= 15 is 0 Å². The molecule has 4 aromatic rings. The number of nitrogens with zero attached hydrogens (tertiary/aromatic N) is 1. The van der Waals surface area contributed by atoms with E-state index < -0.39 is 0 Å². The van der Waals surface area contributed by atoms with Crippen LogP contribution < -0.4 is 10.4 Å². The third kappa shape index (κ3) is 4.27. The summed E-state index contributed by atoms with van der Waals surface area (Å²) in [6.07, 6.45) is 1.59. The predicted octanol–water partition coefficient (Wildman–Crippen LogP) is 4.55. The van der Waals surface area contributed by atoms with Gasteiger partial charge in [0, 0.05) is 30.1 Å². The van der Waals surface area contributed by atoms with Gasteiger partial charge >= 0.3 is 5.63 Å². The second-order valence-corrected chi connectivity index (χ2v) is 7.13. The van der Waals surface area contributed by atoms with Crippen LogP contribution in [0, 0.1) is 6.92 Å². The summed E-state index contributed by atoms with van der Waals surface area (Å²) in [7, 11) is 1.74. The predicted molar refractivity (Wildman–Crippen MR) is 113 cm³/mol. The van der Waals surface area contributed by atoms with Crippen LogP contribution in [0.5, 0.6) is 5.75 Å². The molecule has 2 aromatic carbocycles. The van der Waals surface area contributed by atoms with Gasteiger partial charge in [0.15, 0.2) is 0 Å². The first-order valence-electron chi connectivity index (χ1n) is 9.54. The lowest BCUT2D eigenvalue weighted by Crippen LogP contribution is -2.25. The molecule has 0 saturated heterocycles. The molecule has 0 fully saturated rings. The lowest BCUT2D eigenvalue weighted by Gasteiger charge is -2.16. The van der Waals surface area contributed by atoms with E-state index in [2.05, 4.69) is 0 Å².